The van der Waals surface area contributed by atoms with Gasteiger partial charge < -0.3 is 19.6 Å². The molecule has 1 amide bonds. The van der Waals surface area contributed by atoms with Crippen LogP contribution in [0.3, 0.4) is 0 Å². The molecule has 7 heteroatoms. The summed E-state index contributed by atoms with van der Waals surface area (Å²) in [6.45, 7) is 2.78. The van der Waals surface area contributed by atoms with Crippen LogP contribution in [0.5, 0.6) is 0 Å². The molecule has 2 heterocycles. The van der Waals surface area contributed by atoms with Gasteiger partial charge in [-0.15, -0.1) is 0 Å². The lowest BCUT2D eigenvalue weighted by molar-refractivity contribution is 0.0455. The molecule has 1 N–H and O–H groups in total. The number of rotatable bonds is 9. The van der Waals surface area contributed by atoms with Crippen LogP contribution in [-0.2, 0) is 4.74 Å². The van der Waals surface area contributed by atoms with Crippen LogP contribution in [0.1, 0.15) is 57.9 Å². The molecule has 2 aliphatic rings. The number of ether oxygens (including phenoxy) is 1. The fourth-order valence-electron chi connectivity index (χ4n) is 6.65. The normalized spacial score (nSPS) is 18.8. The first-order valence-electron chi connectivity index (χ1n) is 15.8. The largest absolute Gasteiger partial charge is 0.462 e. The Hall–Kier alpha value is -4.49. The summed E-state index contributed by atoms with van der Waals surface area (Å²) < 4.78 is 18.9. The van der Waals surface area contributed by atoms with E-state index in [0.717, 1.165) is 47.8 Å². The second-order valence-electron chi connectivity index (χ2n) is 12.1. The lowest BCUT2D eigenvalue weighted by Crippen LogP contribution is -2.31. The molecule has 2 saturated heterocycles. The molecule has 4 aromatic carbocycles. The predicted molar refractivity (Wildman–Crippen MR) is 173 cm³/mol. The zero-order chi connectivity index (χ0) is 31.2. The van der Waals surface area contributed by atoms with Crippen molar-refractivity contribution in [2.24, 2.45) is 5.92 Å². The Morgan fingerprint density at radius 3 is 2.40 bits per heavy atom. The van der Waals surface area contributed by atoms with Crippen LogP contribution < -0.4 is 0 Å². The summed E-state index contributed by atoms with van der Waals surface area (Å²) in [4.78, 5) is 30.4. The number of esters is 1. The van der Waals surface area contributed by atoms with E-state index in [2.05, 4.69) is 11.1 Å². The van der Waals surface area contributed by atoms with Crippen LogP contribution >= 0.6 is 0 Å². The number of aliphatic hydroxyl groups excluding tert-OH is 1. The number of benzene rings is 4. The molecule has 6 nitrogen and oxygen atoms in total. The Kier molecular flexibility index (Phi) is 9.55. The molecule has 232 valence electrons. The second kappa shape index (κ2) is 14.1. The third kappa shape index (κ3) is 7.26. The summed E-state index contributed by atoms with van der Waals surface area (Å²) >= 11 is 0. The van der Waals surface area contributed by atoms with Crippen LogP contribution in [0.2, 0.25) is 0 Å². The number of aliphatic hydroxyl groups is 1. The van der Waals surface area contributed by atoms with Crippen molar-refractivity contribution >= 4 is 22.6 Å². The SMILES string of the molecule is O=C(OCCC[C@@H](O)C1CN(C(=O)c2cccc3ccccc23)C/C1=C\N1CCC(c2ccc(F)cc2)CC1)c1ccccc1. The minimum absolute atomic E-state index is 0.0424. The van der Waals surface area contributed by atoms with E-state index in [4.69, 9.17) is 4.74 Å². The number of amides is 1. The molecule has 1 unspecified atom stereocenters. The minimum atomic E-state index is -0.686. The van der Waals surface area contributed by atoms with Crippen molar-refractivity contribution in [3.05, 3.63) is 131 Å². The molecule has 6 rings (SSSR count). The average Bonchev–Trinajstić information content (AvgIpc) is 3.51. The lowest BCUT2D eigenvalue weighted by atomic mass is 9.89. The zero-order valence-electron chi connectivity index (χ0n) is 25.4. The van der Waals surface area contributed by atoms with E-state index in [1.807, 2.05) is 65.6 Å². The molecule has 0 aliphatic carbocycles. The van der Waals surface area contributed by atoms with Gasteiger partial charge in [-0.2, -0.15) is 0 Å². The van der Waals surface area contributed by atoms with E-state index in [-0.39, 0.29) is 30.2 Å². The van der Waals surface area contributed by atoms with Crippen LogP contribution in [0.4, 0.5) is 4.39 Å². The number of hydrogen-bond donors (Lipinski definition) is 1. The Morgan fingerprint density at radius 2 is 1.62 bits per heavy atom. The van der Waals surface area contributed by atoms with Gasteiger partial charge in [0.05, 0.1) is 18.3 Å². The fourth-order valence-corrected chi connectivity index (χ4v) is 6.65. The summed E-state index contributed by atoms with van der Waals surface area (Å²) in [5, 5.41) is 13.4. The lowest BCUT2D eigenvalue weighted by Gasteiger charge is -2.32. The molecule has 4 aromatic rings. The predicted octanol–water partition coefficient (Wildman–Crippen LogP) is 6.81. The van der Waals surface area contributed by atoms with Crippen LogP contribution in [0.15, 0.2) is 109 Å². The van der Waals surface area contributed by atoms with Crippen molar-refractivity contribution in [2.45, 2.75) is 37.7 Å². The van der Waals surface area contributed by atoms with Gasteiger partial charge in [0, 0.05) is 43.9 Å². The molecule has 45 heavy (non-hydrogen) atoms. The van der Waals surface area contributed by atoms with Gasteiger partial charge in [-0.1, -0.05) is 66.7 Å². The van der Waals surface area contributed by atoms with E-state index in [1.165, 1.54) is 12.1 Å². The Bertz CT molecular complexity index is 1640. The van der Waals surface area contributed by atoms with Gasteiger partial charge >= 0.3 is 5.97 Å². The van der Waals surface area contributed by atoms with Gasteiger partial charge in [-0.05, 0) is 83.8 Å². The monoisotopic (exact) mass is 606 g/mol. The number of fused-ring (bicyclic) bond motifs is 1. The van der Waals surface area contributed by atoms with E-state index < -0.39 is 6.10 Å². The highest BCUT2D eigenvalue weighted by Gasteiger charge is 2.36. The maximum absolute atomic E-state index is 13.9. The van der Waals surface area contributed by atoms with E-state index in [1.54, 1.807) is 24.3 Å². The Morgan fingerprint density at radius 1 is 0.911 bits per heavy atom. The molecule has 0 spiro atoms. The number of nitrogens with zero attached hydrogens (tertiary/aromatic N) is 2. The fraction of sp³-hybridized carbons (Fsp3) is 0.316. The molecule has 2 fully saturated rings. The maximum atomic E-state index is 13.9. The first-order chi connectivity index (χ1) is 22.0. The molecule has 2 atom stereocenters. The standard InChI is InChI=1S/C38H39FN2O4/c39-32-17-15-27(16-18-32)28-19-21-40(22-20-28)24-31-25-41(37(43)34-13-6-11-29-8-4-5-12-33(29)34)26-35(31)36(42)14-7-23-45-38(44)30-9-2-1-3-10-30/h1-6,8-13,15-18,24,28,35-36,42H,7,14,19-23,25-26H2/b31-24+/t35?,36-/m1/s1. The highest BCUT2D eigenvalue weighted by atomic mass is 19.1. The summed E-state index contributed by atoms with van der Waals surface area (Å²) in [6, 6.07) is 29.4. The van der Waals surface area contributed by atoms with Crippen molar-refractivity contribution in [3.8, 4) is 0 Å². The van der Waals surface area contributed by atoms with Gasteiger partial charge in [0.15, 0.2) is 0 Å². The van der Waals surface area contributed by atoms with Gasteiger partial charge in [0.1, 0.15) is 5.82 Å². The summed E-state index contributed by atoms with van der Waals surface area (Å²) in [5.74, 6) is -0.470. The molecule has 0 radical (unpaired) electrons. The first-order valence-corrected chi connectivity index (χ1v) is 15.8. The van der Waals surface area contributed by atoms with Gasteiger partial charge in [-0.25, -0.2) is 9.18 Å². The quantitative estimate of drug-likeness (QED) is 0.167. The highest BCUT2D eigenvalue weighted by molar-refractivity contribution is 6.07. The Labute approximate surface area is 263 Å². The van der Waals surface area contributed by atoms with Crippen molar-refractivity contribution < 1.29 is 23.8 Å². The van der Waals surface area contributed by atoms with Crippen molar-refractivity contribution in [2.75, 3.05) is 32.8 Å². The topological polar surface area (TPSA) is 70.1 Å². The zero-order valence-corrected chi connectivity index (χ0v) is 25.4. The van der Waals surface area contributed by atoms with Crippen molar-refractivity contribution in [1.29, 1.82) is 0 Å². The number of halogens is 1. The molecular weight excluding hydrogens is 567 g/mol. The van der Waals surface area contributed by atoms with Crippen LogP contribution in [0.25, 0.3) is 10.8 Å². The molecule has 2 aliphatic heterocycles. The Balaban J connectivity index is 1.14. The number of piperidine rings is 1. The summed E-state index contributed by atoms with van der Waals surface area (Å²) in [5.41, 5.74) is 3.37. The first kappa shape index (κ1) is 30.5. The minimum Gasteiger partial charge on any atom is -0.462 e. The third-order valence-electron chi connectivity index (χ3n) is 9.14. The van der Waals surface area contributed by atoms with Crippen LogP contribution in [-0.4, -0.2) is 65.7 Å². The molecule has 0 saturated carbocycles. The van der Waals surface area contributed by atoms with Crippen molar-refractivity contribution in [1.82, 2.24) is 9.80 Å². The van der Waals surface area contributed by atoms with Gasteiger partial charge in [0.2, 0.25) is 0 Å². The summed E-state index contributed by atoms with van der Waals surface area (Å²) in [7, 11) is 0. The highest BCUT2D eigenvalue weighted by Crippen LogP contribution is 2.33. The van der Waals surface area contributed by atoms with Gasteiger partial charge in [-0.3, -0.25) is 4.79 Å². The van der Waals surface area contributed by atoms with Gasteiger partial charge in [0.25, 0.3) is 5.91 Å². The third-order valence-corrected chi connectivity index (χ3v) is 9.14. The number of likely N-dealkylation sites (tertiary alicyclic amines) is 2. The molecular formula is C38H39FN2O4. The van der Waals surface area contributed by atoms with Crippen molar-refractivity contribution in [3.63, 3.8) is 0 Å². The number of carbonyl (C=O) groups excluding carboxylic acids is 2. The molecule has 0 bridgehead atoms. The maximum Gasteiger partial charge on any atom is 0.338 e. The second-order valence-corrected chi connectivity index (χ2v) is 12.1. The van der Waals surface area contributed by atoms with E-state index >= 15 is 0 Å². The summed E-state index contributed by atoms with van der Waals surface area (Å²) in [6.07, 6.45) is 4.34. The molecule has 0 aromatic heterocycles. The van der Waals surface area contributed by atoms with E-state index in [9.17, 15) is 19.1 Å². The van der Waals surface area contributed by atoms with Crippen LogP contribution in [0, 0.1) is 11.7 Å². The smallest absolute Gasteiger partial charge is 0.338 e. The number of carbonyl (C=O) groups is 2. The van der Waals surface area contributed by atoms with E-state index in [0.29, 0.717) is 43.0 Å². The average molecular weight is 607 g/mol. The number of hydrogen-bond acceptors (Lipinski definition) is 5.